The predicted molar refractivity (Wildman–Crippen MR) is 117 cm³/mol. The van der Waals surface area contributed by atoms with Crippen molar-refractivity contribution in [3.05, 3.63) is 59.2 Å². The first-order valence-electron chi connectivity index (χ1n) is 10.1. The Bertz CT molecular complexity index is 989. The molecule has 2 amide bonds. The molecule has 2 aromatic carbocycles. The highest BCUT2D eigenvalue weighted by Gasteiger charge is 2.28. The number of carboxylic acid groups (broad SMARTS) is 1. The fourth-order valence-corrected chi connectivity index (χ4v) is 3.43. The van der Waals surface area contributed by atoms with Gasteiger partial charge in [-0.1, -0.05) is 12.1 Å². The number of carboxylic acids is 1. The van der Waals surface area contributed by atoms with E-state index in [1.807, 2.05) is 0 Å². The van der Waals surface area contributed by atoms with Crippen LogP contribution in [0.15, 0.2) is 47.6 Å². The van der Waals surface area contributed by atoms with E-state index >= 15 is 0 Å². The molecule has 1 saturated heterocycles. The lowest BCUT2D eigenvalue weighted by Crippen LogP contribution is -2.42. The molecule has 1 heterocycles. The molecule has 32 heavy (non-hydrogen) atoms. The van der Waals surface area contributed by atoms with Crippen LogP contribution in [0.2, 0.25) is 0 Å². The van der Waals surface area contributed by atoms with E-state index in [0.717, 1.165) is 0 Å². The molecule has 0 atom stereocenters. The molecule has 168 valence electrons. The number of benzene rings is 2. The van der Waals surface area contributed by atoms with Crippen molar-refractivity contribution in [2.45, 2.75) is 12.8 Å². The average molecular weight is 439 g/mol. The minimum absolute atomic E-state index is 0.135. The molecule has 2 aromatic rings. The fourth-order valence-electron chi connectivity index (χ4n) is 3.43. The maximum absolute atomic E-state index is 12.9. The van der Waals surface area contributed by atoms with E-state index in [4.69, 9.17) is 14.6 Å². The molecule has 1 fully saturated rings. The van der Waals surface area contributed by atoms with E-state index in [1.54, 1.807) is 35.2 Å². The molecular formula is C23H25N3O6. The number of piperidine rings is 1. The Morgan fingerprint density at radius 2 is 1.59 bits per heavy atom. The lowest BCUT2D eigenvalue weighted by Gasteiger charge is -2.31. The van der Waals surface area contributed by atoms with Gasteiger partial charge in [-0.2, -0.15) is 5.10 Å². The highest BCUT2D eigenvalue weighted by atomic mass is 16.5. The SMILES string of the molecule is COc1cc(OC)cc(C(=O)N2CCC(C(=O)NN=Cc3ccc(C(=O)O)cc3)CC2)c1. The van der Waals surface area contributed by atoms with Gasteiger partial charge in [0.15, 0.2) is 0 Å². The zero-order chi connectivity index (χ0) is 23.1. The smallest absolute Gasteiger partial charge is 0.335 e. The molecule has 0 spiro atoms. The first-order valence-corrected chi connectivity index (χ1v) is 10.1. The van der Waals surface area contributed by atoms with Crippen LogP contribution in [0, 0.1) is 5.92 Å². The molecule has 0 radical (unpaired) electrons. The van der Waals surface area contributed by atoms with Crippen molar-refractivity contribution < 1.29 is 29.0 Å². The summed E-state index contributed by atoms with van der Waals surface area (Å²) in [7, 11) is 3.06. The average Bonchev–Trinajstić information content (AvgIpc) is 2.83. The summed E-state index contributed by atoms with van der Waals surface area (Å²) in [5.41, 5.74) is 3.85. The molecule has 0 aromatic heterocycles. The molecule has 9 heteroatoms. The van der Waals surface area contributed by atoms with Gasteiger partial charge in [0.2, 0.25) is 5.91 Å². The summed E-state index contributed by atoms with van der Waals surface area (Å²) in [6.45, 7) is 0.910. The van der Waals surface area contributed by atoms with Gasteiger partial charge < -0.3 is 19.5 Å². The van der Waals surface area contributed by atoms with Gasteiger partial charge in [-0.15, -0.1) is 0 Å². The second-order valence-corrected chi connectivity index (χ2v) is 7.33. The maximum atomic E-state index is 12.9. The van der Waals surface area contributed by atoms with Crippen molar-refractivity contribution in [2.24, 2.45) is 11.0 Å². The van der Waals surface area contributed by atoms with E-state index in [2.05, 4.69) is 10.5 Å². The van der Waals surface area contributed by atoms with Gasteiger partial charge in [-0.05, 0) is 42.7 Å². The van der Waals surface area contributed by atoms with E-state index in [-0.39, 0.29) is 23.3 Å². The van der Waals surface area contributed by atoms with Crippen LogP contribution in [0.3, 0.4) is 0 Å². The molecule has 0 bridgehead atoms. The van der Waals surface area contributed by atoms with Crippen LogP contribution in [-0.4, -0.2) is 61.3 Å². The summed E-state index contributed by atoms with van der Waals surface area (Å²) in [6.07, 6.45) is 2.52. The van der Waals surface area contributed by atoms with Crippen LogP contribution in [0.1, 0.15) is 39.1 Å². The summed E-state index contributed by atoms with van der Waals surface area (Å²) >= 11 is 0. The number of aromatic carboxylic acids is 1. The molecule has 0 unspecified atom stereocenters. The Kier molecular flexibility index (Phi) is 7.43. The van der Waals surface area contributed by atoms with E-state index in [0.29, 0.717) is 48.6 Å². The Morgan fingerprint density at radius 3 is 2.12 bits per heavy atom. The lowest BCUT2D eigenvalue weighted by molar-refractivity contribution is -0.126. The number of nitrogens with zero attached hydrogens (tertiary/aromatic N) is 2. The molecule has 1 aliphatic rings. The summed E-state index contributed by atoms with van der Waals surface area (Å²) in [4.78, 5) is 37.8. The quantitative estimate of drug-likeness (QED) is 0.505. The number of carbonyl (C=O) groups excluding carboxylic acids is 2. The number of ether oxygens (including phenoxy) is 2. The number of hydrogen-bond acceptors (Lipinski definition) is 6. The molecular weight excluding hydrogens is 414 g/mol. The number of methoxy groups -OCH3 is 2. The second kappa shape index (κ2) is 10.4. The minimum Gasteiger partial charge on any atom is -0.497 e. The second-order valence-electron chi connectivity index (χ2n) is 7.33. The van der Waals surface area contributed by atoms with Crippen molar-refractivity contribution in [2.75, 3.05) is 27.3 Å². The topological polar surface area (TPSA) is 118 Å². The Balaban J connectivity index is 1.52. The largest absolute Gasteiger partial charge is 0.497 e. The van der Waals surface area contributed by atoms with Gasteiger partial charge in [0.1, 0.15) is 11.5 Å². The Morgan fingerprint density at radius 1 is 1.00 bits per heavy atom. The highest BCUT2D eigenvalue weighted by Crippen LogP contribution is 2.25. The van der Waals surface area contributed by atoms with Crippen molar-refractivity contribution in [3.8, 4) is 11.5 Å². The normalized spacial score (nSPS) is 14.2. The van der Waals surface area contributed by atoms with Crippen molar-refractivity contribution >= 4 is 24.0 Å². The van der Waals surface area contributed by atoms with Crippen LogP contribution in [0.4, 0.5) is 0 Å². The third-order valence-electron chi connectivity index (χ3n) is 5.30. The van der Waals surface area contributed by atoms with E-state index in [1.165, 1.54) is 32.6 Å². The number of carbonyl (C=O) groups is 3. The molecule has 2 N–H and O–H groups in total. The number of likely N-dealkylation sites (tertiary alicyclic amines) is 1. The minimum atomic E-state index is -1.00. The third-order valence-corrected chi connectivity index (χ3v) is 5.30. The summed E-state index contributed by atoms with van der Waals surface area (Å²) < 4.78 is 10.5. The third kappa shape index (κ3) is 5.63. The van der Waals surface area contributed by atoms with Crippen LogP contribution in [0.25, 0.3) is 0 Å². The number of hydrazone groups is 1. The summed E-state index contributed by atoms with van der Waals surface area (Å²) in [5, 5.41) is 12.9. The fraction of sp³-hybridized carbons (Fsp3) is 0.304. The maximum Gasteiger partial charge on any atom is 0.335 e. The predicted octanol–water partition coefficient (Wildman–Crippen LogP) is 2.40. The van der Waals surface area contributed by atoms with Crippen LogP contribution < -0.4 is 14.9 Å². The molecule has 9 nitrogen and oxygen atoms in total. The standard InChI is InChI=1S/C23H25N3O6/c1-31-19-11-18(12-20(13-19)32-2)22(28)26-9-7-16(8-10-26)21(27)25-24-14-15-3-5-17(6-4-15)23(29)30/h3-6,11-14,16H,7-10H2,1-2H3,(H,25,27)(H,29,30). The van der Waals surface area contributed by atoms with Crippen LogP contribution in [-0.2, 0) is 4.79 Å². The van der Waals surface area contributed by atoms with Gasteiger partial charge >= 0.3 is 5.97 Å². The highest BCUT2D eigenvalue weighted by molar-refractivity contribution is 5.95. The monoisotopic (exact) mass is 439 g/mol. The Hall–Kier alpha value is -3.88. The van der Waals surface area contributed by atoms with Gasteiger partial charge in [0.25, 0.3) is 5.91 Å². The zero-order valence-corrected chi connectivity index (χ0v) is 17.9. The lowest BCUT2D eigenvalue weighted by atomic mass is 9.95. The van der Waals surface area contributed by atoms with E-state index in [9.17, 15) is 14.4 Å². The van der Waals surface area contributed by atoms with Gasteiger partial charge in [0, 0.05) is 30.6 Å². The molecule has 0 saturated carbocycles. The first-order chi connectivity index (χ1) is 15.4. The molecule has 0 aliphatic carbocycles. The van der Waals surface area contributed by atoms with Crippen molar-refractivity contribution in [1.29, 1.82) is 0 Å². The van der Waals surface area contributed by atoms with Gasteiger partial charge in [-0.3, -0.25) is 9.59 Å². The van der Waals surface area contributed by atoms with Gasteiger partial charge in [-0.25, -0.2) is 10.2 Å². The van der Waals surface area contributed by atoms with E-state index < -0.39 is 5.97 Å². The number of rotatable bonds is 7. The Labute approximate surface area is 185 Å². The van der Waals surface area contributed by atoms with Crippen LogP contribution in [0.5, 0.6) is 11.5 Å². The van der Waals surface area contributed by atoms with Crippen LogP contribution >= 0.6 is 0 Å². The summed E-state index contributed by atoms with van der Waals surface area (Å²) in [5.74, 6) is -0.514. The molecule has 1 aliphatic heterocycles. The first kappa shape index (κ1) is 22.8. The number of amides is 2. The van der Waals surface area contributed by atoms with Crippen molar-refractivity contribution in [3.63, 3.8) is 0 Å². The summed E-state index contributed by atoms with van der Waals surface area (Å²) in [6, 6.07) is 11.2. The molecule has 3 rings (SSSR count). The van der Waals surface area contributed by atoms with Crippen molar-refractivity contribution in [1.82, 2.24) is 10.3 Å². The zero-order valence-electron chi connectivity index (χ0n) is 17.9. The number of hydrogen-bond donors (Lipinski definition) is 2. The number of nitrogens with one attached hydrogen (secondary N) is 1. The van der Waals surface area contributed by atoms with Gasteiger partial charge in [0.05, 0.1) is 26.0 Å².